The molecule has 5 heteroatoms. The predicted molar refractivity (Wildman–Crippen MR) is 66.5 cm³/mol. The second-order valence-electron chi connectivity index (χ2n) is 4.57. The van der Waals surface area contributed by atoms with Crippen molar-refractivity contribution >= 4 is 17.3 Å². The monoisotopic (exact) mass is 255 g/mol. The van der Waals surface area contributed by atoms with E-state index in [1.54, 1.807) is 6.07 Å². The predicted octanol–water partition coefficient (Wildman–Crippen LogP) is 1.57. The zero-order chi connectivity index (χ0) is 12.4. The molecule has 1 unspecified atom stereocenters. The third kappa shape index (κ3) is 2.86. The number of carbonyl (C=O) groups is 1. The Morgan fingerprint density at radius 2 is 2.41 bits per heavy atom. The summed E-state index contributed by atoms with van der Waals surface area (Å²) in [6.07, 6.45) is 1.03. The maximum absolute atomic E-state index is 10.9. The Bertz CT molecular complexity index is 416. The molecule has 4 nitrogen and oxygen atoms in total. The molecule has 1 atom stereocenters. The minimum absolute atomic E-state index is 0.249. The maximum Gasteiger partial charge on any atom is 0.345 e. The first-order valence-corrected chi connectivity index (χ1v) is 6.57. The number of likely N-dealkylation sites (tertiary alicyclic amines) is 1. The van der Waals surface area contributed by atoms with Crippen LogP contribution in [0.5, 0.6) is 0 Å². The Hall–Kier alpha value is -0.910. The van der Waals surface area contributed by atoms with Crippen LogP contribution in [0.3, 0.4) is 0 Å². The Balaban J connectivity index is 2.01. The van der Waals surface area contributed by atoms with Crippen molar-refractivity contribution in [3.05, 3.63) is 21.4 Å². The summed E-state index contributed by atoms with van der Waals surface area (Å²) in [7, 11) is 0. The number of aliphatic hydroxyl groups is 1. The summed E-state index contributed by atoms with van der Waals surface area (Å²) >= 11 is 1.34. The molecule has 1 aliphatic rings. The lowest BCUT2D eigenvalue weighted by Crippen LogP contribution is -2.21. The number of carboxylic acids is 1. The third-order valence-electron chi connectivity index (χ3n) is 3.25. The average Bonchev–Trinajstić information content (AvgIpc) is 2.87. The lowest BCUT2D eigenvalue weighted by Gasteiger charge is -2.15. The van der Waals surface area contributed by atoms with Crippen LogP contribution in [0.25, 0.3) is 0 Å². The highest BCUT2D eigenvalue weighted by Crippen LogP contribution is 2.25. The second kappa shape index (κ2) is 5.16. The minimum atomic E-state index is -0.848. The number of hydrogen-bond acceptors (Lipinski definition) is 4. The van der Waals surface area contributed by atoms with Crippen molar-refractivity contribution in [1.29, 1.82) is 0 Å². The van der Waals surface area contributed by atoms with Crippen molar-refractivity contribution in [2.24, 2.45) is 5.92 Å². The average molecular weight is 255 g/mol. The molecule has 0 bridgehead atoms. The number of aryl methyl sites for hydroxylation is 1. The van der Waals surface area contributed by atoms with Gasteiger partial charge in [0.15, 0.2) is 0 Å². The van der Waals surface area contributed by atoms with Gasteiger partial charge in [-0.05, 0) is 37.4 Å². The van der Waals surface area contributed by atoms with E-state index < -0.39 is 5.97 Å². The Labute approximate surface area is 104 Å². The highest BCUT2D eigenvalue weighted by molar-refractivity contribution is 7.14. The molecule has 2 heterocycles. The molecule has 1 aliphatic heterocycles. The summed E-state index contributed by atoms with van der Waals surface area (Å²) in [5.41, 5.74) is 1.10. The highest BCUT2D eigenvalue weighted by Gasteiger charge is 2.23. The summed E-state index contributed by atoms with van der Waals surface area (Å²) in [6, 6.07) is 1.77. The van der Waals surface area contributed by atoms with Gasteiger partial charge in [0, 0.05) is 24.6 Å². The van der Waals surface area contributed by atoms with Crippen LogP contribution in [0.1, 0.15) is 26.5 Å². The van der Waals surface area contributed by atoms with Crippen molar-refractivity contribution in [1.82, 2.24) is 4.90 Å². The van der Waals surface area contributed by atoms with Crippen LogP contribution in [-0.4, -0.2) is 40.8 Å². The molecule has 0 spiro atoms. The van der Waals surface area contributed by atoms with Crippen molar-refractivity contribution in [3.63, 3.8) is 0 Å². The fraction of sp³-hybridized carbons (Fsp3) is 0.583. The lowest BCUT2D eigenvalue weighted by molar-refractivity contribution is 0.0702. The highest BCUT2D eigenvalue weighted by atomic mass is 32.1. The number of rotatable bonds is 4. The van der Waals surface area contributed by atoms with E-state index in [0.29, 0.717) is 10.8 Å². The molecule has 1 fully saturated rings. The van der Waals surface area contributed by atoms with Gasteiger partial charge in [0.1, 0.15) is 4.88 Å². The van der Waals surface area contributed by atoms with Gasteiger partial charge in [0.25, 0.3) is 0 Å². The van der Waals surface area contributed by atoms with Crippen molar-refractivity contribution < 1.29 is 15.0 Å². The molecule has 1 saturated heterocycles. The third-order valence-corrected chi connectivity index (χ3v) is 4.33. The maximum atomic E-state index is 10.9. The fourth-order valence-electron chi connectivity index (χ4n) is 2.23. The van der Waals surface area contributed by atoms with Gasteiger partial charge in [-0.3, -0.25) is 4.90 Å². The first-order chi connectivity index (χ1) is 8.10. The van der Waals surface area contributed by atoms with Gasteiger partial charge in [0.2, 0.25) is 0 Å². The topological polar surface area (TPSA) is 60.8 Å². The Morgan fingerprint density at radius 1 is 1.65 bits per heavy atom. The van der Waals surface area contributed by atoms with Gasteiger partial charge in [-0.25, -0.2) is 4.79 Å². The molecule has 0 aliphatic carbocycles. The summed E-state index contributed by atoms with van der Waals surface area (Å²) in [6.45, 7) is 4.91. The molecule has 0 amide bonds. The van der Waals surface area contributed by atoms with Gasteiger partial charge in [0.05, 0.1) is 0 Å². The first-order valence-electron chi connectivity index (χ1n) is 5.76. The van der Waals surface area contributed by atoms with Crippen molar-refractivity contribution in [2.45, 2.75) is 19.9 Å². The van der Waals surface area contributed by atoms with Crippen LogP contribution in [-0.2, 0) is 6.54 Å². The molecular weight excluding hydrogens is 238 g/mol. The molecule has 0 radical (unpaired) electrons. The molecule has 0 saturated carbocycles. The number of aliphatic hydroxyl groups excluding tert-OH is 1. The van der Waals surface area contributed by atoms with Crippen LogP contribution in [0.15, 0.2) is 6.07 Å². The first kappa shape index (κ1) is 12.5. The smallest absolute Gasteiger partial charge is 0.345 e. The molecule has 2 N–H and O–H groups in total. The van der Waals surface area contributed by atoms with E-state index >= 15 is 0 Å². The number of thiophene rings is 1. The molecular formula is C12H17NO3S. The molecule has 17 heavy (non-hydrogen) atoms. The van der Waals surface area contributed by atoms with E-state index in [9.17, 15) is 4.79 Å². The molecule has 1 aromatic rings. The second-order valence-corrected chi connectivity index (χ2v) is 5.83. The zero-order valence-electron chi connectivity index (χ0n) is 9.85. The fourth-order valence-corrected chi connectivity index (χ4v) is 3.10. The van der Waals surface area contributed by atoms with E-state index in [-0.39, 0.29) is 6.61 Å². The molecule has 0 aromatic carbocycles. The quantitative estimate of drug-likeness (QED) is 0.857. The van der Waals surface area contributed by atoms with Crippen molar-refractivity contribution in [3.8, 4) is 0 Å². The summed E-state index contributed by atoms with van der Waals surface area (Å²) in [5.74, 6) is -0.466. The summed E-state index contributed by atoms with van der Waals surface area (Å²) in [4.78, 5) is 14.6. The summed E-state index contributed by atoms with van der Waals surface area (Å²) in [5, 5.41) is 18.0. The normalized spacial score (nSPS) is 20.9. The number of carboxylic acid groups (broad SMARTS) is 1. The molecule has 94 valence electrons. The van der Waals surface area contributed by atoms with E-state index in [2.05, 4.69) is 4.90 Å². The largest absolute Gasteiger partial charge is 0.477 e. The molecule has 1 aromatic heterocycles. The van der Waals surface area contributed by atoms with Crippen LogP contribution in [0.2, 0.25) is 0 Å². The Kier molecular flexibility index (Phi) is 3.81. The summed E-state index contributed by atoms with van der Waals surface area (Å²) < 4.78 is 0. The van der Waals surface area contributed by atoms with Crippen LogP contribution >= 0.6 is 11.3 Å². The van der Waals surface area contributed by atoms with E-state index in [4.69, 9.17) is 10.2 Å². The van der Waals surface area contributed by atoms with Gasteiger partial charge in [-0.1, -0.05) is 0 Å². The van der Waals surface area contributed by atoms with Gasteiger partial charge < -0.3 is 10.2 Å². The van der Waals surface area contributed by atoms with Crippen LogP contribution in [0, 0.1) is 12.8 Å². The minimum Gasteiger partial charge on any atom is -0.477 e. The van der Waals surface area contributed by atoms with E-state index in [0.717, 1.165) is 36.5 Å². The van der Waals surface area contributed by atoms with Crippen LogP contribution < -0.4 is 0 Å². The van der Waals surface area contributed by atoms with E-state index in [1.165, 1.54) is 11.3 Å². The SMILES string of the molecule is Cc1sc(C(=O)O)cc1CN1CCC(CO)C1. The zero-order valence-corrected chi connectivity index (χ0v) is 10.7. The van der Waals surface area contributed by atoms with Gasteiger partial charge in [-0.15, -0.1) is 11.3 Å². The number of aromatic carboxylic acids is 1. The Morgan fingerprint density at radius 3 is 2.94 bits per heavy atom. The standard InChI is InChI=1S/C12H17NO3S/c1-8-10(4-11(17-8)12(15)16)6-13-3-2-9(5-13)7-14/h4,9,14H,2-3,5-7H2,1H3,(H,15,16). The lowest BCUT2D eigenvalue weighted by atomic mass is 10.1. The number of hydrogen-bond donors (Lipinski definition) is 2. The number of nitrogens with zero attached hydrogens (tertiary/aromatic N) is 1. The van der Waals surface area contributed by atoms with E-state index in [1.807, 2.05) is 6.92 Å². The van der Waals surface area contributed by atoms with Gasteiger partial charge >= 0.3 is 5.97 Å². The van der Waals surface area contributed by atoms with Gasteiger partial charge in [-0.2, -0.15) is 0 Å². The molecule has 2 rings (SSSR count). The van der Waals surface area contributed by atoms with Crippen LogP contribution in [0.4, 0.5) is 0 Å². The van der Waals surface area contributed by atoms with Crippen molar-refractivity contribution in [2.75, 3.05) is 19.7 Å².